The predicted molar refractivity (Wildman–Crippen MR) is 130 cm³/mol. The lowest BCUT2D eigenvalue weighted by molar-refractivity contribution is 0.0913. The lowest BCUT2D eigenvalue weighted by Gasteiger charge is -2.29. The van der Waals surface area contributed by atoms with Gasteiger partial charge in [-0.2, -0.15) is 4.98 Å². The molecule has 2 heterocycles. The molecule has 1 aliphatic heterocycles. The Morgan fingerprint density at radius 2 is 1.85 bits per heavy atom. The Bertz CT molecular complexity index is 991. The third-order valence-electron chi connectivity index (χ3n) is 6.36. The van der Waals surface area contributed by atoms with Gasteiger partial charge < -0.3 is 26.2 Å². The molecule has 1 saturated heterocycles. The van der Waals surface area contributed by atoms with Crippen molar-refractivity contribution in [3.63, 3.8) is 0 Å². The molecule has 10 heteroatoms. The van der Waals surface area contributed by atoms with E-state index in [9.17, 15) is 9.18 Å². The topological polar surface area (TPSA) is 94.2 Å². The van der Waals surface area contributed by atoms with E-state index in [1.807, 2.05) is 14.1 Å². The first-order valence-electron chi connectivity index (χ1n) is 11.5. The van der Waals surface area contributed by atoms with E-state index in [0.717, 1.165) is 44.5 Å². The quantitative estimate of drug-likeness (QED) is 0.476. The number of carbonyl (C=O) groups excluding carboxylic acids is 1. The summed E-state index contributed by atoms with van der Waals surface area (Å²) in [6.07, 6.45) is 7.97. The van der Waals surface area contributed by atoms with Crippen LogP contribution < -0.4 is 21.3 Å². The number of anilines is 4. The minimum Gasteiger partial charge on any atom is -0.384 e. The van der Waals surface area contributed by atoms with Crippen LogP contribution in [0.3, 0.4) is 0 Å². The van der Waals surface area contributed by atoms with E-state index in [1.54, 1.807) is 6.20 Å². The Balaban J connectivity index is 1.47. The van der Waals surface area contributed by atoms with Crippen molar-refractivity contribution < 1.29 is 9.18 Å². The normalized spacial score (nSPS) is 17.7. The van der Waals surface area contributed by atoms with Gasteiger partial charge in [-0.1, -0.05) is 24.4 Å². The Labute approximate surface area is 198 Å². The van der Waals surface area contributed by atoms with Crippen LogP contribution in [0.4, 0.5) is 27.5 Å². The Morgan fingerprint density at radius 1 is 1.12 bits per heavy atom. The zero-order valence-electron chi connectivity index (χ0n) is 19.0. The van der Waals surface area contributed by atoms with Gasteiger partial charge in [0.2, 0.25) is 5.95 Å². The minimum absolute atomic E-state index is 0.0366. The number of carbonyl (C=O) groups is 1. The standard InChI is InChI=1S/C23H31ClFN7O/c1-26-20-13-27-23(31-21(20)28-14-5-3-4-6-14)30-19-12-18(25)16(11-17(19)24)22(33)29-15-7-9-32(2)10-8-15/h11-15,26H,3-10H2,1-2H3,(H,29,33)(H2,27,28,30,31). The van der Waals surface area contributed by atoms with Crippen LogP contribution >= 0.6 is 11.6 Å². The highest BCUT2D eigenvalue weighted by atomic mass is 35.5. The van der Waals surface area contributed by atoms with Crippen LogP contribution in [0.25, 0.3) is 0 Å². The third-order valence-corrected chi connectivity index (χ3v) is 6.67. The first kappa shape index (κ1) is 23.5. The highest BCUT2D eigenvalue weighted by Gasteiger charge is 2.22. The van der Waals surface area contributed by atoms with Gasteiger partial charge in [0, 0.05) is 19.1 Å². The number of nitrogens with zero attached hydrogens (tertiary/aromatic N) is 3. The molecule has 8 nitrogen and oxygen atoms in total. The lowest BCUT2D eigenvalue weighted by atomic mass is 10.0. The molecule has 4 rings (SSSR count). The molecule has 0 radical (unpaired) electrons. The maximum absolute atomic E-state index is 14.8. The van der Waals surface area contributed by atoms with Crippen molar-refractivity contribution in [1.29, 1.82) is 0 Å². The van der Waals surface area contributed by atoms with Gasteiger partial charge in [-0.3, -0.25) is 4.79 Å². The molecule has 33 heavy (non-hydrogen) atoms. The molecule has 2 aromatic rings. The van der Waals surface area contributed by atoms with E-state index in [0.29, 0.717) is 23.5 Å². The second kappa shape index (κ2) is 10.5. The van der Waals surface area contributed by atoms with E-state index in [2.05, 4.69) is 36.1 Å². The average Bonchev–Trinajstić information content (AvgIpc) is 3.31. The van der Waals surface area contributed by atoms with Crippen LogP contribution in [0.15, 0.2) is 18.3 Å². The van der Waals surface area contributed by atoms with Crippen LogP contribution in [0.5, 0.6) is 0 Å². The molecule has 0 spiro atoms. The van der Waals surface area contributed by atoms with Crippen LogP contribution in [0, 0.1) is 5.82 Å². The summed E-state index contributed by atoms with van der Waals surface area (Å²) in [4.78, 5) is 23.7. The number of amides is 1. The predicted octanol–water partition coefficient (Wildman–Crippen LogP) is 4.23. The molecule has 1 saturated carbocycles. The fourth-order valence-electron chi connectivity index (χ4n) is 4.35. The molecule has 1 amide bonds. The molecule has 0 bridgehead atoms. The second-order valence-electron chi connectivity index (χ2n) is 8.82. The smallest absolute Gasteiger partial charge is 0.254 e. The largest absolute Gasteiger partial charge is 0.384 e. The van der Waals surface area contributed by atoms with E-state index in [4.69, 9.17) is 11.6 Å². The SMILES string of the molecule is CNc1cnc(Nc2cc(F)c(C(=O)NC3CCN(C)CC3)cc2Cl)nc1NC1CCCC1. The summed E-state index contributed by atoms with van der Waals surface area (Å²) in [7, 11) is 3.86. The molecule has 178 valence electrons. The minimum atomic E-state index is -0.650. The van der Waals surface area contributed by atoms with Gasteiger partial charge >= 0.3 is 0 Å². The molecule has 1 aliphatic carbocycles. The number of hydrogen-bond donors (Lipinski definition) is 4. The number of hydrogen-bond acceptors (Lipinski definition) is 7. The summed E-state index contributed by atoms with van der Waals surface area (Å²) in [5, 5.41) is 12.7. The fourth-order valence-corrected chi connectivity index (χ4v) is 4.56. The number of likely N-dealkylation sites (tertiary alicyclic amines) is 1. The van der Waals surface area contributed by atoms with Crippen molar-refractivity contribution in [2.75, 3.05) is 43.1 Å². The molecule has 2 fully saturated rings. The number of halogens is 2. The van der Waals surface area contributed by atoms with Gasteiger partial charge in [0.25, 0.3) is 5.91 Å². The van der Waals surface area contributed by atoms with Gasteiger partial charge in [0.1, 0.15) is 5.82 Å². The maximum Gasteiger partial charge on any atom is 0.254 e. The summed E-state index contributed by atoms with van der Waals surface area (Å²) in [6.45, 7) is 1.81. The summed E-state index contributed by atoms with van der Waals surface area (Å²) in [5.74, 6) is -0.122. The summed E-state index contributed by atoms with van der Waals surface area (Å²) >= 11 is 6.39. The van der Waals surface area contributed by atoms with Gasteiger partial charge in [0.15, 0.2) is 5.82 Å². The van der Waals surface area contributed by atoms with Crippen LogP contribution in [-0.4, -0.2) is 60.0 Å². The second-order valence-corrected chi connectivity index (χ2v) is 9.23. The number of benzene rings is 1. The van der Waals surface area contributed by atoms with Crippen LogP contribution in [-0.2, 0) is 0 Å². The molecule has 1 aromatic heterocycles. The van der Waals surface area contributed by atoms with Gasteiger partial charge in [0.05, 0.1) is 28.2 Å². The highest BCUT2D eigenvalue weighted by molar-refractivity contribution is 6.33. The van der Waals surface area contributed by atoms with Gasteiger partial charge in [-0.15, -0.1) is 0 Å². The molecule has 4 N–H and O–H groups in total. The Hall–Kier alpha value is -2.65. The van der Waals surface area contributed by atoms with E-state index in [-0.39, 0.29) is 16.6 Å². The molecule has 2 aliphatic rings. The lowest BCUT2D eigenvalue weighted by Crippen LogP contribution is -2.43. The number of piperidine rings is 1. The van der Waals surface area contributed by atoms with Crippen LogP contribution in [0.1, 0.15) is 48.9 Å². The van der Waals surface area contributed by atoms with E-state index >= 15 is 0 Å². The van der Waals surface area contributed by atoms with Crippen molar-refractivity contribution >= 4 is 40.6 Å². The van der Waals surface area contributed by atoms with Crippen molar-refractivity contribution in [1.82, 2.24) is 20.2 Å². The zero-order valence-corrected chi connectivity index (χ0v) is 19.8. The van der Waals surface area contributed by atoms with Gasteiger partial charge in [-0.05, 0) is 58.0 Å². The molecule has 0 atom stereocenters. The Morgan fingerprint density at radius 3 is 2.55 bits per heavy atom. The van der Waals surface area contributed by atoms with Crippen molar-refractivity contribution in [2.45, 2.75) is 50.6 Å². The third kappa shape index (κ3) is 5.83. The number of nitrogens with one attached hydrogen (secondary N) is 4. The Kier molecular flexibility index (Phi) is 7.49. The maximum atomic E-state index is 14.8. The number of rotatable bonds is 7. The molecular weight excluding hydrogens is 445 g/mol. The van der Waals surface area contributed by atoms with Crippen LogP contribution in [0.2, 0.25) is 5.02 Å². The number of aromatic nitrogens is 2. The van der Waals surface area contributed by atoms with E-state index < -0.39 is 11.7 Å². The molecule has 1 aromatic carbocycles. The molecule has 0 unspecified atom stereocenters. The monoisotopic (exact) mass is 475 g/mol. The average molecular weight is 476 g/mol. The van der Waals surface area contributed by atoms with Crippen molar-refractivity contribution in [3.05, 3.63) is 34.7 Å². The zero-order chi connectivity index (χ0) is 23.4. The van der Waals surface area contributed by atoms with Crippen molar-refractivity contribution in [2.24, 2.45) is 0 Å². The van der Waals surface area contributed by atoms with Crippen molar-refractivity contribution in [3.8, 4) is 0 Å². The highest BCUT2D eigenvalue weighted by Crippen LogP contribution is 2.30. The van der Waals surface area contributed by atoms with E-state index in [1.165, 1.54) is 25.0 Å². The van der Waals surface area contributed by atoms with Gasteiger partial charge in [-0.25, -0.2) is 9.37 Å². The fraction of sp³-hybridized carbons (Fsp3) is 0.522. The first-order valence-corrected chi connectivity index (χ1v) is 11.9. The summed E-state index contributed by atoms with van der Waals surface area (Å²) in [6, 6.07) is 2.98. The summed E-state index contributed by atoms with van der Waals surface area (Å²) < 4.78 is 14.8. The molecular formula is C23H31ClFN7O. The first-order chi connectivity index (χ1) is 15.9. The summed E-state index contributed by atoms with van der Waals surface area (Å²) in [5.41, 5.74) is 1.01.